The third-order valence-electron chi connectivity index (χ3n) is 6.24. The number of aromatic amines is 1. The van der Waals surface area contributed by atoms with Crippen molar-refractivity contribution in [1.82, 2.24) is 14.8 Å². The Morgan fingerprint density at radius 2 is 1.96 bits per heavy atom. The summed E-state index contributed by atoms with van der Waals surface area (Å²) in [5.74, 6) is -0.131. The second-order valence-corrected chi connectivity index (χ2v) is 8.66. The number of aryl methyl sites for hydroxylation is 2. The number of rotatable bonds is 3. The van der Waals surface area contributed by atoms with E-state index in [0.717, 1.165) is 51.3 Å². The summed E-state index contributed by atoms with van der Waals surface area (Å²) in [6.07, 6.45) is 3.34. The molecule has 0 radical (unpaired) electrons. The molecule has 2 fully saturated rings. The van der Waals surface area contributed by atoms with Gasteiger partial charge in [-0.05, 0) is 57.4 Å². The summed E-state index contributed by atoms with van der Waals surface area (Å²) in [4.78, 5) is 32.2. The number of H-pyrrole nitrogens is 1. The third kappa shape index (κ3) is 3.90. The van der Waals surface area contributed by atoms with Crippen LogP contribution >= 0.6 is 0 Å². The topological polar surface area (TPSA) is 56.4 Å². The maximum absolute atomic E-state index is 12.9. The molecular weight excluding hydrogens is 350 g/mol. The molecule has 0 aliphatic carbocycles. The van der Waals surface area contributed by atoms with Crippen LogP contribution in [-0.4, -0.2) is 46.9 Å². The Bertz CT molecular complexity index is 935. The zero-order valence-electron chi connectivity index (χ0n) is 16.8. The predicted molar refractivity (Wildman–Crippen MR) is 110 cm³/mol. The Hall–Kier alpha value is -2.40. The predicted octanol–water partition coefficient (Wildman–Crippen LogP) is 3.12. The molecule has 1 aromatic carbocycles. The largest absolute Gasteiger partial charge is 0.338 e. The second-order valence-electron chi connectivity index (χ2n) is 8.66. The van der Waals surface area contributed by atoms with Crippen LogP contribution in [0.25, 0.3) is 0 Å². The molecule has 4 rings (SSSR count). The van der Waals surface area contributed by atoms with E-state index >= 15 is 0 Å². The average Bonchev–Trinajstić information content (AvgIpc) is 3.04. The summed E-state index contributed by atoms with van der Waals surface area (Å²) in [7, 11) is 0. The van der Waals surface area contributed by atoms with Crippen LogP contribution in [0.3, 0.4) is 0 Å². The highest BCUT2D eigenvalue weighted by atomic mass is 16.2. The highest BCUT2D eigenvalue weighted by molar-refractivity contribution is 5.94. The molecular formula is C23H29N3O2. The fourth-order valence-electron chi connectivity index (χ4n) is 4.87. The van der Waals surface area contributed by atoms with E-state index < -0.39 is 0 Å². The lowest BCUT2D eigenvalue weighted by molar-refractivity contribution is 0.0674. The van der Waals surface area contributed by atoms with Crippen molar-refractivity contribution < 1.29 is 4.79 Å². The van der Waals surface area contributed by atoms with Crippen LogP contribution < -0.4 is 5.56 Å². The first-order valence-electron chi connectivity index (χ1n) is 10.2. The van der Waals surface area contributed by atoms with Crippen molar-refractivity contribution in [1.29, 1.82) is 0 Å². The molecule has 1 atom stereocenters. The minimum atomic E-state index is -0.282. The number of hydrogen-bond donors (Lipinski definition) is 1. The van der Waals surface area contributed by atoms with Gasteiger partial charge in [0.05, 0.1) is 0 Å². The molecule has 1 spiro atoms. The maximum Gasteiger partial charge on any atom is 0.260 e. The van der Waals surface area contributed by atoms with Crippen LogP contribution in [0.5, 0.6) is 0 Å². The quantitative estimate of drug-likeness (QED) is 0.891. The van der Waals surface area contributed by atoms with Crippen molar-refractivity contribution in [2.45, 2.75) is 39.7 Å². The zero-order chi connectivity index (χ0) is 19.7. The van der Waals surface area contributed by atoms with E-state index in [0.29, 0.717) is 0 Å². The number of carbonyl (C=O) groups excluding carboxylic acids is 1. The van der Waals surface area contributed by atoms with E-state index in [-0.39, 0.29) is 22.4 Å². The lowest BCUT2D eigenvalue weighted by Crippen LogP contribution is -2.45. The van der Waals surface area contributed by atoms with E-state index in [1.165, 1.54) is 17.5 Å². The fraction of sp³-hybridized carbons (Fsp3) is 0.478. The molecule has 5 nitrogen and oxygen atoms in total. The molecule has 1 N–H and O–H groups in total. The molecule has 5 heteroatoms. The number of amides is 1. The number of nitrogens with zero attached hydrogens (tertiary/aromatic N) is 2. The van der Waals surface area contributed by atoms with Crippen molar-refractivity contribution >= 4 is 5.91 Å². The van der Waals surface area contributed by atoms with E-state index in [1.54, 1.807) is 12.1 Å². The molecule has 2 aliphatic heterocycles. The van der Waals surface area contributed by atoms with Gasteiger partial charge in [0.15, 0.2) is 0 Å². The van der Waals surface area contributed by atoms with Crippen LogP contribution in [0.4, 0.5) is 0 Å². The van der Waals surface area contributed by atoms with Crippen molar-refractivity contribution in [2.24, 2.45) is 5.41 Å². The summed E-state index contributed by atoms with van der Waals surface area (Å²) in [6, 6.07) is 12.2. The van der Waals surface area contributed by atoms with Crippen molar-refractivity contribution in [3.05, 3.63) is 69.1 Å². The number of aromatic nitrogens is 1. The first-order valence-corrected chi connectivity index (χ1v) is 10.2. The van der Waals surface area contributed by atoms with Gasteiger partial charge in [0.1, 0.15) is 5.56 Å². The highest BCUT2D eigenvalue weighted by Crippen LogP contribution is 2.39. The molecule has 1 amide bonds. The van der Waals surface area contributed by atoms with Crippen molar-refractivity contribution in [3.63, 3.8) is 0 Å². The molecule has 1 aromatic heterocycles. The highest BCUT2D eigenvalue weighted by Gasteiger charge is 2.43. The van der Waals surface area contributed by atoms with Gasteiger partial charge in [-0.15, -0.1) is 0 Å². The van der Waals surface area contributed by atoms with E-state index in [2.05, 4.69) is 41.1 Å². The fourth-order valence-corrected chi connectivity index (χ4v) is 4.87. The number of benzene rings is 1. The third-order valence-corrected chi connectivity index (χ3v) is 6.24. The normalized spacial score (nSPS) is 22.7. The van der Waals surface area contributed by atoms with Crippen LogP contribution in [0.15, 0.2) is 41.2 Å². The first kappa shape index (κ1) is 18.9. The lowest BCUT2D eigenvalue weighted by Gasteiger charge is -2.40. The summed E-state index contributed by atoms with van der Waals surface area (Å²) in [6.45, 7) is 8.55. The number of piperidine rings is 1. The number of hydrogen-bond acceptors (Lipinski definition) is 3. The van der Waals surface area contributed by atoms with Gasteiger partial charge < -0.3 is 9.88 Å². The van der Waals surface area contributed by atoms with Crippen molar-refractivity contribution in [2.75, 3.05) is 26.2 Å². The molecule has 28 heavy (non-hydrogen) atoms. The molecule has 0 saturated carbocycles. The van der Waals surface area contributed by atoms with Crippen molar-refractivity contribution in [3.8, 4) is 0 Å². The van der Waals surface area contributed by atoms with Crippen LogP contribution in [0.2, 0.25) is 0 Å². The van der Waals surface area contributed by atoms with E-state index in [4.69, 9.17) is 0 Å². The molecule has 0 unspecified atom stereocenters. The van der Waals surface area contributed by atoms with Gasteiger partial charge in [-0.1, -0.05) is 29.8 Å². The smallest absolute Gasteiger partial charge is 0.260 e. The Labute approximate surface area is 166 Å². The van der Waals surface area contributed by atoms with Crippen LogP contribution in [-0.2, 0) is 6.54 Å². The summed E-state index contributed by atoms with van der Waals surface area (Å²) >= 11 is 0. The Morgan fingerprint density at radius 3 is 2.75 bits per heavy atom. The summed E-state index contributed by atoms with van der Waals surface area (Å²) < 4.78 is 0. The number of nitrogens with one attached hydrogen (secondary N) is 1. The molecule has 2 aromatic rings. The number of pyridine rings is 1. The van der Waals surface area contributed by atoms with E-state index in [9.17, 15) is 9.59 Å². The molecule has 0 bridgehead atoms. The minimum absolute atomic E-state index is 0.131. The number of likely N-dealkylation sites (tertiary alicyclic amines) is 2. The van der Waals surface area contributed by atoms with Gasteiger partial charge in [0, 0.05) is 37.3 Å². The standard InChI is InChI=1S/C23H29N3O2/c1-17-5-3-6-19(13-17)14-25-11-4-9-23(15-25)10-12-26(16-23)22(28)20-8-7-18(2)24-21(20)27/h3,5-8,13H,4,9-12,14-16H2,1-2H3,(H,24,27)/t23-/m0/s1. The van der Waals surface area contributed by atoms with Gasteiger partial charge in [-0.2, -0.15) is 0 Å². The van der Waals surface area contributed by atoms with Gasteiger partial charge >= 0.3 is 0 Å². The zero-order valence-corrected chi connectivity index (χ0v) is 16.8. The number of carbonyl (C=O) groups is 1. The van der Waals surface area contributed by atoms with Gasteiger partial charge in [-0.25, -0.2) is 0 Å². The Balaban J connectivity index is 1.44. The summed E-state index contributed by atoms with van der Waals surface area (Å²) in [5.41, 5.74) is 3.57. The second kappa shape index (κ2) is 7.55. The van der Waals surface area contributed by atoms with Crippen LogP contribution in [0, 0.1) is 19.3 Å². The maximum atomic E-state index is 12.9. The van der Waals surface area contributed by atoms with Crippen LogP contribution in [0.1, 0.15) is 46.4 Å². The van der Waals surface area contributed by atoms with Gasteiger partial charge in [0.2, 0.25) is 0 Å². The first-order chi connectivity index (χ1) is 13.4. The van der Waals surface area contributed by atoms with Gasteiger partial charge in [0.25, 0.3) is 11.5 Å². The lowest BCUT2D eigenvalue weighted by atomic mass is 9.79. The molecule has 3 heterocycles. The molecule has 2 aliphatic rings. The monoisotopic (exact) mass is 379 g/mol. The SMILES string of the molecule is Cc1cccc(CN2CCC[C@]3(CCN(C(=O)c4ccc(C)[nH]c4=O)C3)C2)c1. The summed E-state index contributed by atoms with van der Waals surface area (Å²) in [5, 5.41) is 0. The average molecular weight is 380 g/mol. The van der Waals surface area contributed by atoms with E-state index in [1.807, 2.05) is 11.8 Å². The molecule has 2 saturated heterocycles. The minimum Gasteiger partial charge on any atom is -0.338 e. The Kier molecular flexibility index (Phi) is 5.11. The molecule has 148 valence electrons. The Morgan fingerprint density at radius 1 is 1.11 bits per heavy atom. The van der Waals surface area contributed by atoms with Gasteiger partial charge in [-0.3, -0.25) is 14.5 Å².